The number of esters is 1. The molecule has 0 unspecified atom stereocenters. The van der Waals surface area contributed by atoms with E-state index in [0.29, 0.717) is 5.56 Å². The fourth-order valence-electron chi connectivity index (χ4n) is 2.17. The van der Waals surface area contributed by atoms with Crippen LogP contribution in [0.15, 0.2) is 24.4 Å². The smallest absolute Gasteiger partial charge is 0.324 e. The van der Waals surface area contributed by atoms with Crippen LogP contribution >= 0.6 is 11.5 Å². The van der Waals surface area contributed by atoms with Crippen LogP contribution in [0.4, 0.5) is 4.39 Å². The highest BCUT2D eigenvalue weighted by Crippen LogP contribution is 2.28. The summed E-state index contributed by atoms with van der Waals surface area (Å²) in [6, 6.07) is 3.11. The maximum absolute atomic E-state index is 13.9. The molecule has 1 atom stereocenters. The molecule has 0 bridgehead atoms. The number of carbonyl (C=O) groups is 2. The van der Waals surface area contributed by atoms with E-state index >= 15 is 0 Å². The van der Waals surface area contributed by atoms with E-state index in [1.807, 2.05) is 6.92 Å². The summed E-state index contributed by atoms with van der Waals surface area (Å²) in [5.74, 6) is -1.67. The average Bonchev–Trinajstić information content (AvgIpc) is 3.06. The van der Waals surface area contributed by atoms with Crippen LogP contribution in [0.1, 0.15) is 22.2 Å². The summed E-state index contributed by atoms with van der Waals surface area (Å²) in [6.07, 6.45) is 2.43. The van der Waals surface area contributed by atoms with Gasteiger partial charge in [-0.2, -0.15) is 0 Å². The Morgan fingerprint density at radius 1 is 1.42 bits per heavy atom. The maximum Gasteiger partial charge on any atom is 0.324 e. The zero-order valence-electron chi connectivity index (χ0n) is 13.3. The van der Waals surface area contributed by atoms with Crippen LogP contribution < -0.4 is 11.1 Å². The Kier molecular flexibility index (Phi) is 5.99. The first-order valence-electron chi connectivity index (χ1n) is 7.32. The standard InChI is InChI=1S/C16H18FN3O3S/c1-3-14-12(7-20-24-14)9-4-10(6-11(17)5-9)15(21)19-8-13(18)16(22)23-2/h4-7,13H,3,8,18H2,1-2H3,(H,19,21)/t13-/m1/s1. The average molecular weight is 351 g/mol. The molecule has 0 spiro atoms. The minimum absolute atomic E-state index is 0.0996. The van der Waals surface area contributed by atoms with Gasteiger partial charge in [0.05, 0.1) is 7.11 Å². The largest absolute Gasteiger partial charge is 0.468 e. The molecule has 0 radical (unpaired) electrons. The number of nitrogens with two attached hydrogens (primary N) is 1. The van der Waals surface area contributed by atoms with Gasteiger partial charge in [-0.1, -0.05) is 6.92 Å². The molecule has 24 heavy (non-hydrogen) atoms. The number of benzene rings is 1. The molecular weight excluding hydrogens is 333 g/mol. The number of ether oxygens (including phenoxy) is 1. The third kappa shape index (κ3) is 4.15. The Labute approximate surface area is 143 Å². The van der Waals surface area contributed by atoms with Gasteiger partial charge < -0.3 is 15.8 Å². The zero-order valence-corrected chi connectivity index (χ0v) is 14.2. The molecule has 1 heterocycles. The highest BCUT2D eigenvalue weighted by molar-refractivity contribution is 7.06. The molecule has 128 valence electrons. The lowest BCUT2D eigenvalue weighted by Gasteiger charge is -2.11. The van der Waals surface area contributed by atoms with E-state index in [0.717, 1.165) is 22.9 Å². The van der Waals surface area contributed by atoms with Crippen LogP contribution in [0.25, 0.3) is 11.1 Å². The molecule has 2 aromatic rings. The maximum atomic E-state index is 13.9. The van der Waals surface area contributed by atoms with E-state index in [2.05, 4.69) is 14.4 Å². The van der Waals surface area contributed by atoms with Gasteiger partial charge in [0.25, 0.3) is 5.91 Å². The molecule has 0 aliphatic heterocycles. The summed E-state index contributed by atoms with van der Waals surface area (Å²) in [7, 11) is 1.21. The summed E-state index contributed by atoms with van der Waals surface area (Å²) in [5, 5.41) is 2.50. The first-order chi connectivity index (χ1) is 11.5. The molecule has 3 N–H and O–H groups in total. The van der Waals surface area contributed by atoms with Crippen LogP contribution in [0, 0.1) is 5.82 Å². The zero-order chi connectivity index (χ0) is 17.7. The van der Waals surface area contributed by atoms with Crippen LogP contribution in [0.2, 0.25) is 0 Å². The Morgan fingerprint density at radius 3 is 2.83 bits per heavy atom. The second kappa shape index (κ2) is 7.98. The van der Waals surface area contributed by atoms with Gasteiger partial charge in [-0.15, -0.1) is 0 Å². The summed E-state index contributed by atoms with van der Waals surface area (Å²) in [4.78, 5) is 24.4. The molecular formula is C16H18FN3O3S. The van der Waals surface area contributed by atoms with E-state index in [4.69, 9.17) is 5.73 Å². The van der Waals surface area contributed by atoms with Crippen molar-refractivity contribution in [3.63, 3.8) is 0 Å². The number of aromatic nitrogens is 1. The van der Waals surface area contributed by atoms with Crippen molar-refractivity contribution in [1.29, 1.82) is 0 Å². The second-order valence-corrected chi connectivity index (χ2v) is 5.97. The number of nitrogens with one attached hydrogen (secondary N) is 1. The fraction of sp³-hybridized carbons (Fsp3) is 0.312. The summed E-state index contributed by atoms with van der Waals surface area (Å²) < 4.78 is 22.5. The Hall–Kier alpha value is -2.32. The van der Waals surface area contributed by atoms with Crippen molar-refractivity contribution in [2.24, 2.45) is 5.73 Å². The molecule has 0 saturated carbocycles. The Morgan fingerprint density at radius 2 is 2.17 bits per heavy atom. The minimum Gasteiger partial charge on any atom is -0.468 e. The number of halogens is 1. The number of amides is 1. The van der Waals surface area contributed by atoms with Gasteiger partial charge in [-0.05, 0) is 41.7 Å². The van der Waals surface area contributed by atoms with Crippen molar-refractivity contribution in [3.05, 3.63) is 40.7 Å². The number of nitrogens with zero attached hydrogens (tertiary/aromatic N) is 1. The normalized spacial score (nSPS) is 11.8. The van der Waals surface area contributed by atoms with E-state index in [1.54, 1.807) is 12.3 Å². The highest BCUT2D eigenvalue weighted by atomic mass is 32.1. The fourth-order valence-corrected chi connectivity index (χ4v) is 2.85. The monoisotopic (exact) mass is 351 g/mol. The van der Waals surface area contributed by atoms with Crippen LogP contribution in [0.3, 0.4) is 0 Å². The van der Waals surface area contributed by atoms with E-state index in [9.17, 15) is 14.0 Å². The molecule has 8 heteroatoms. The first-order valence-corrected chi connectivity index (χ1v) is 8.09. The van der Waals surface area contributed by atoms with Crippen molar-refractivity contribution in [2.45, 2.75) is 19.4 Å². The molecule has 1 aromatic heterocycles. The van der Waals surface area contributed by atoms with Crippen molar-refractivity contribution >= 4 is 23.4 Å². The third-order valence-corrected chi connectivity index (χ3v) is 4.36. The Bertz CT molecular complexity index is 748. The number of carbonyl (C=O) groups excluding carboxylic acids is 2. The summed E-state index contributed by atoms with van der Waals surface area (Å²) in [5.41, 5.74) is 7.10. The molecule has 6 nitrogen and oxygen atoms in total. The van der Waals surface area contributed by atoms with Gasteiger partial charge in [0, 0.05) is 28.7 Å². The number of hydrogen-bond donors (Lipinski definition) is 2. The first kappa shape index (κ1) is 18.0. The Balaban J connectivity index is 2.19. The van der Waals surface area contributed by atoms with E-state index in [1.165, 1.54) is 24.7 Å². The lowest BCUT2D eigenvalue weighted by atomic mass is 10.0. The predicted molar refractivity (Wildman–Crippen MR) is 89.2 cm³/mol. The summed E-state index contributed by atoms with van der Waals surface area (Å²) >= 11 is 1.34. The van der Waals surface area contributed by atoms with E-state index < -0.39 is 23.7 Å². The van der Waals surface area contributed by atoms with Crippen LogP contribution in [0.5, 0.6) is 0 Å². The lowest BCUT2D eigenvalue weighted by Crippen LogP contribution is -2.43. The van der Waals surface area contributed by atoms with Gasteiger partial charge in [0.15, 0.2) is 0 Å². The van der Waals surface area contributed by atoms with Crippen molar-refractivity contribution < 1.29 is 18.7 Å². The number of rotatable bonds is 6. The second-order valence-electron chi connectivity index (χ2n) is 5.08. The van der Waals surface area contributed by atoms with Crippen molar-refractivity contribution in [1.82, 2.24) is 9.69 Å². The molecule has 1 aromatic carbocycles. The quantitative estimate of drug-likeness (QED) is 0.773. The number of methoxy groups -OCH3 is 1. The molecule has 1 amide bonds. The molecule has 0 fully saturated rings. The molecule has 0 saturated heterocycles. The van der Waals surface area contributed by atoms with Gasteiger partial charge in [0.2, 0.25) is 0 Å². The van der Waals surface area contributed by atoms with Crippen LogP contribution in [-0.2, 0) is 16.0 Å². The van der Waals surface area contributed by atoms with E-state index in [-0.39, 0.29) is 12.1 Å². The molecule has 2 rings (SSSR count). The number of aryl methyl sites for hydroxylation is 1. The highest BCUT2D eigenvalue weighted by Gasteiger charge is 2.17. The summed E-state index contributed by atoms with van der Waals surface area (Å²) in [6.45, 7) is 1.88. The van der Waals surface area contributed by atoms with Gasteiger partial charge in [0.1, 0.15) is 11.9 Å². The minimum atomic E-state index is -0.972. The van der Waals surface area contributed by atoms with Gasteiger partial charge in [-0.25, -0.2) is 8.76 Å². The predicted octanol–water partition coefficient (Wildman–Crippen LogP) is 1.74. The number of hydrogen-bond acceptors (Lipinski definition) is 6. The SMILES string of the molecule is CCc1sncc1-c1cc(F)cc(C(=O)NC[C@@H](N)C(=O)OC)c1. The van der Waals surface area contributed by atoms with Crippen molar-refractivity contribution in [3.8, 4) is 11.1 Å². The topological polar surface area (TPSA) is 94.3 Å². The molecule has 0 aliphatic carbocycles. The molecule has 0 aliphatic rings. The van der Waals surface area contributed by atoms with Crippen molar-refractivity contribution in [2.75, 3.05) is 13.7 Å². The van der Waals surface area contributed by atoms with Gasteiger partial charge in [-0.3, -0.25) is 9.59 Å². The third-order valence-electron chi connectivity index (χ3n) is 3.42. The lowest BCUT2D eigenvalue weighted by molar-refractivity contribution is -0.141. The van der Waals surface area contributed by atoms with Crippen LogP contribution in [-0.4, -0.2) is 35.9 Å². The van der Waals surface area contributed by atoms with Gasteiger partial charge >= 0.3 is 5.97 Å².